The lowest BCUT2D eigenvalue weighted by atomic mass is 11.0. The molecule has 0 aromatic carbocycles. The fourth-order valence-corrected chi connectivity index (χ4v) is 3.28. The van der Waals surface area contributed by atoms with Crippen LogP contribution < -0.4 is 5.09 Å². The number of nitrogens with one attached hydrogen (secondary N) is 1. The standard InChI is InChI=1S/C5H12N3OP/c1-6-10(9,7-2-3-7)8-4-5-8/h2-5H2,1H3,(H,6,9). The molecule has 0 saturated carbocycles. The van der Waals surface area contributed by atoms with E-state index in [4.69, 9.17) is 0 Å². The van der Waals surface area contributed by atoms with E-state index in [2.05, 4.69) is 5.09 Å². The van der Waals surface area contributed by atoms with E-state index in [-0.39, 0.29) is 0 Å². The molecule has 2 heterocycles. The molecule has 0 radical (unpaired) electrons. The second kappa shape index (κ2) is 2.05. The van der Waals surface area contributed by atoms with E-state index in [0.717, 1.165) is 26.2 Å². The van der Waals surface area contributed by atoms with Crippen LogP contribution in [0.1, 0.15) is 0 Å². The average molecular weight is 161 g/mol. The highest BCUT2D eigenvalue weighted by molar-refractivity contribution is 7.57. The van der Waals surface area contributed by atoms with Crippen LogP contribution in [-0.2, 0) is 4.57 Å². The van der Waals surface area contributed by atoms with Gasteiger partial charge in [0, 0.05) is 26.2 Å². The van der Waals surface area contributed by atoms with E-state index in [9.17, 15) is 4.57 Å². The maximum atomic E-state index is 11.8. The summed E-state index contributed by atoms with van der Waals surface area (Å²) < 4.78 is 15.8. The van der Waals surface area contributed by atoms with E-state index in [1.165, 1.54) is 0 Å². The Kier molecular flexibility index (Phi) is 1.39. The molecule has 0 atom stereocenters. The van der Waals surface area contributed by atoms with Crippen molar-refractivity contribution in [2.75, 3.05) is 33.2 Å². The molecule has 0 amide bonds. The molecule has 0 aromatic rings. The van der Waals surface area contributed by atoms with Gasteiger partial charge < -0.3 is 0 Å². The van der Waals surface area contributed by atoms with Crippen LogP contribution in [0.2, 0.25) is 0 Å². The summed E-state index contributed by atoms with van der Waals surface area (Å²) in [5, 5.41) is 2.91. The van der Waals surface area contributed by atoms with Crippen molar-refractivity contribution in [3.05, 3.63) is 0 Å². The summed E-state index contributed by atoms with van der Waals surface area (Å²) in [4.78, 5) is 0. The first-order valence-electron chi connectivity index (χ1n) is 3.57. The molecule has 2 aliphatic rings. The van der Waals surface area contributed by atoms with E-state index in [1.54, 1.807) is 7.05 Å². The Balaban J connectivity index is 2.11. The van der Waals surface area contributed by atoms with Gasteiger partial charge in [-0.15, -0.1) is 0 Å². The van der Waals surface area contributed by atoms with E-state index in [0.29, 0.717) is 0 Å². The third kappa shape index (κ3) is 0.920. The fourth-order valence-electron chi connectivity index (χ4n) is 1.09. The molecule has 0 aliphatic carbocycles. The third-order valence-electron chi connectivity index (χ3n) is 1.91. The summed E-state index contributed by atoms with van der Waals surface area (Å²) in [5.41, 5.74) is 0. The second-order valence-electron chi connectivity index (χ2n) is 2.67. The maximum absolute atomic E-state index is 11.8. The van der Waals surface area contributed by atoms with E-state index < -0.39 is 7.59 Å². The quantitative estimate of drug-likeness (QED) is 0.464. The summed E-state index contributed by atoms with van der Waals surface area (Å²) in [5.74, 6) is 0. The second-order valence-corrected chi connectivity index (χ2v) is 5.34. The molecule has 5 heteroatoms. The number of nitrogens with zero attached hydrogens (tertiary/aromatic N) is 2. The minimum atomic E-state index is -2.21. The maximum Gasteiger partial charge on any atom is 0.284 e. The molecule has 10 heavy (non-hydrogen) atoms. The lowest BCUT2D eigenvalue weighted by Gasteiger charge is -2.17. The van der Waals surface area contributed by atoms with Crippen LogP contribution in [0.15, 0.2) is 0 Å². The minimum Gasteiger partial charge on any atom is -0.271 e. The monoisotopic (exact) mass is 161 g/mol. The Morgan fingerprint density at radius 2 is 1.60 bits per heavy atom. The molecule has 0 bridgehead atoms. The molecular formula is C5H12N3OP. The summed E-state index contributed by atoms with van der Waals surface area (Å²) >= 11 is 0. The van der Waals surface area contributed by atoms with Crippen LogP contribution in [0.4, 0.5) is 0 Å². The first-order chi connectivity index (χ1) is 4.77. The van der Waals surface area contributed by atoms with Crippen LogP contribution >= 0.6 is 7.59 Å². The smallest absolute Gasteiger partial charge is 0.271 e. The van der Waals surface area contributed by atoms with Gasteiger partial charge in [0.15, 0.2) is 0 Å². The van der Waals surface area contributed by atoms with Crippen molar-refractivity contribution in [3.8, 4) is 0 Å². The molecule has 0 aromatic heterocycles. The average Bonchev–Trinajstić information content (AvgIpc) is 2.73. The molecule has 1 N–H and O–H groups in total. The fraction of sp³-hybridized carbons (Fsp3) is 1.00. The molecule has 2 aliphatic heterocycles. The number of rotatable bonds is 3. The number of hydrogen-bond acceptors (Lipinski definition) is 1. The SMILES string of the molecule is CNP(=O)(N1CC1)N1CC1. The van der Waals surface area contributed by atoms with Crippen molar-refractivity contribution >= 4 is 7.59 Å². The van der Waals surface area contributed by atoms with Crippen molar-refractivity contribution in [2.24, 2.45) is 0 Å². The zero-order chi connectivity index (χ0) is 7.19. The van der Waals surface area contributed by atoms with Gasteiger partial charge in [-0.1, -0.05) is 0 Å². The van der Waals surface area contributed by atoms with E-state index >= 15 is 0 Å². The highest BCUT2D eigenvalue weighted by atomic mass is 31.2. The van der Waals surface area contributed by atoms with Gasteiger partial charge in [0.05, 0.1) is 0 Å². The summed E-state index contributed by atoms with van der Waals surface area (Å²) in [6.45, 7) is 3.98. The summed E-state index contributed by atoms with van der Waals surface area (Å²) in [6.07, 6.45) is 0. The predicted molar refractivity (Wildman–Crippen MR) is 39.8 cm³/mol. The molecule has 58 valence electrons. The van der Waals surface area contributed by atoms with Crippen molar-refractivity contribution in [1.82, 2.24) is 14.4 Å². The highest BCUT2D eigenvalue weighted by Crippen LogP contribution is 2.55. The summed E-state index contributed by atoms with van der Waals surface area (Å²) in [7, 11) is -0.430. The number of hydrogen-bond donors (Lipinski definition) is 1. The topological polar surface area (TPSA) is 35.1 Å². The Labute approximate surface area is 60.7 Å². The molecule has 4 nitrogen and oxygen atoms in total. The normalized spacial score (nSPS) is 26.9. The van der Waals surface area contributed by atoms with Crippen LogP contribution in [0.3, 0.4) is 0 Å². The van der Waals surface area contributed by atoms with Crippen molar-refractivity contribution < 1.29 is 4.57 Å². The highest BCUT2D eigenvalue weighted by Gasteiger charge is 2.46. The van der Waals surface area contributed by atoms with Crippen LogP contribution in [0, 0.1) is 0 Å². The summed E-state index contributed by atoms with van der Waals surface area (Å²) in [6, 6.07) is 0. The van der Waals surface area contributed by atoms with Gasteiger partial charge in [-0.25, -0.2) is 14.4 Å². The van der Waals surface area contributed by atoms with Crippen LogP contribution in [-0.4, -0.2) is 42.6 Å². The van der Waals surface area contributed by atoms with Crippen molar-refractivity contribution in [2.45, 2.75) is 0 Å². The van der Waals surface area contributed by atoms with Gasteiger partial charge in [0.25, 0.3) is 7.59 Å². The molecular weight excluding hydrogens is 149 g/mol. The Morgan fingerprint density at radius 1 is 1.20 bits per heavy atom. The molecule has 0 spiro atoms. The Hall–Kier alpha value is 0.110. The van der Waals surface area contributed by atoms with Crippen LogP contribution in [0.5, 0.6) is 0 Å². The third-order valence-corrected chi connectivity index (χ3v) is 4.82. The predicted octanol–water partition coefficient (Wildman–Crippen LogP) is -0.0549. The van der Waals surface area contributed by atoms with Crippen molar-refractivity contribution in [1.29, 1.82) is 0 Å². The molecule has 0 unspecified atom stereocenters. The first-order valence-corrected chi connectivity index (χ1v) is 5.18. The Bertz CT molecular complexity index is 171. The zero-order valence-electron chi connectivity index (χ0n) is 6.08. The van der Waals surface area contributed by atoms with Gasteiger partial charge >= 0.3 is 0 Å². The molecule has 2 saturated heterocycles. The Morgan fingerprint density at radius 3 is 1.80 bits per heavy atom. The van der Waals surface area contributed by atoms with Gasteiger partial charge in [-0.05, 0) is 7.05 Å². The lowest BCUT2D eigenvalue weighted by molar-refractivity contribution is 0.508. The minimum absolute atomic E-state index is 0.995. The lowest BCUT2D eigenvalue weighted by Crippen LogP contribution is -2.16. The molecule has 2 fully saturated rings. The largest absolute Gasteiger partial charge is 0.284 e. The first kappa shape index (κ1) is 6.80. The van der Waals surface area contributed by atoms with Gasteiger partial charge in [0.1, 0.15) is 0 Å². The van der Waals surface area contributed by atoms with Gasteiger partial charge in [-0.3, -0.25) is 4.57 Å². The van der Waals surface area contributed by atoms with Gasteiger partial charge in [-0.2, -0.15) is 0 Å². The van der Waals surface area contributed by atoms with Crippen molar-refractivity contribution in [3.63, 3.8) is 0 Å². The zero-order valence-corrected chi connectivity index (χ0v) is 6.97. The molecule has 2 rings (SSSR count). The van der Waals surface area contributed by atoms with Gasteiger partial charge in [0.2, 0.25) is 0 Å². The van der Waals surface area contributed by atoms with E-state index in [1.807, 2.05) is 9.34 Å². The van der Waals surface area contributed by atoms with Crippen LogP contribution in [0.25, 0.3) is 0 Å².